The van der Waals surface area contributed by atoms with Gasteiger partial charge in [-0.05, 0) is 37.1 Å². The van der Waals surface area contributed by atoms with Gasteiger partial charge in [0.2, 0.25) is 0 Å². The van der Waals surface area contributed by atoms with Gasteiger partial charge in [0.15, 0.2) is 0 Å². The second-order valence-corrected chi connectivity index (χ2v) is 4.06. The molecule has 98 valence electrons. The quantitative estimate of drug-likeness (QED) is 0.812. The van der Waals surface area contributed by atoms with Crippen LogP contribution in [-0.2, 0) is 11.3 Å². The van der Waals surface area contributed by atoms with E-state index >= 15 is 0 Å². The molecular weight excluding hydrogens is 226 g/mol. The Morgan fingerprint density at radius 2 is 2.17 bits per heavy atom. The predicted molar refractivity (Wildman–Crippen MR) is 73.5 cm³/mol. The van der Waals surface area contributed by atoms with Gasteiger partial charge in [-0.15, -0.1) is 0 Å². The minimum Gasteiger partial charge on any atom is -0.497 e. The molecule has 18 heavy (non-hydrogen) atoms. The van der Waals surface area contributed by atoms with Crippen molar-refractivity contribution in [3.8, 4) is 17.6 Å². The molecule has 0 saturated carbocycles. The Balaban J connectivity index is 2.89. The minimum atomic E-state index is 0.242. The zero-order chi connectivity index (χ0) is 13.4. The van der Waals surface area contributed by atoms with Gasteiger partial charge in [0.1, 0.15) is 5.75 Å². The number of hydrogen-bond donors (Lipinski definition) is 1. The molecule has 0 aliphatic heterocycles. The van der Waals surface area contributed by atoms with Gasteiger partial charge in [-0.1, -0.05) is 18.8 Å². The number of rotatable bonds is 5. The van der Waals surface area contributed by atoms with E-state index in [9.17, 15) is 0 Å². The van der Waals surface area contributed by atoms with Crippen LogP contribution in [0.25, 0.3) is 0 Å². The van der Waals surface area contributed by atoms with Crippen molar-refractivity contribution in [1.82, 2.24) is 0 Å². The van der Waals surface area contributed by atoms with E-state index in [4.69, 9.17) is 15.2 Å². The normalized spacial score (nSPS) is 11.6. The van der Waals surface area contributed by atoms with E-state index < -0.39 is 0 Å². The number of ether oxygens (including phenoxy) is 2. The Morgan fingerprint density at radius 3 is 2.78 bits per heavy atom. The molecule has 0 heterocycles. The van der Waals surface area contributed by atoms with Crippen LogP contribution in [-0.4, -0.2) is 19.8 Å². The molecule has 1 aromatic rings. The van der Waals surface area contributed by atoms with E-state index in [1.54, 1.807) is 7.11 Å². The SMILES string of the molecule is CCC(C)OCc1cc(OC)ccc1C#CCN. The predicted octanol–water partition coefficient (Wildman–Crippen LogP) is 2.32. The molecule has 3 heteroatoms. The highest BCUT2D eigenvalue weighted by molar-refractivity contribution is 5.45. The number of benzene rings is 1. The number of nitrogens with two attached hydrogens (primary N) is 1. The van der Waals surface area contributed by atoms with Crippen LogP contribution in [0.3, 0.4) is 0 Å². The summed E-state index contributed by atoms with van der Waals surface area (Å²) in [5.74, 6) is 6.74. The second-order valence-electron chi connectivity index (χ2n) is 4.06. The van der Waals surface area contributed by atoms with Gasteiger partial charge in [0, 0.05) is 5.56 Å². The molecule has 1 atom stereocenters. The fourth-order valence-corrected chi connectivity index (χ4v) is 1.43. The smallest absolute Gasteiger partial charge is 0.119 e. The summed E-state index contributed by atoms with van der Waals surface area (Å²) in [7, 11) is 1.65. The topological polar surface area (TPSA) is 44.5 Å². The second kappa shape index (κ2) is 7.75. The molecule has 0 bridgehead atoms. The first-order chi connectivity index (χ1) is 8.71. The van der Waals surface area contributed by atoms with Crippen LogP contribution in [0.4, 0.5) is 0 Å². The monoisotopic (exact) mass is 247 g/mol. The van der Waals surface area contributed by atoms with E-state index in [-0.39, 0.29) is 6.10 Å². The van der Waals surface area contributed by atoms with Crippen molar-refractivity contribution in [2.45, 2.75) is 33.0 Å². The molecule has 0 amide bonds. The van der Waals surface area contributed by atoms with Crippen molar-refractivity contribution in [2.75, 3.05) is 13.7 Å². The van der Waals surface area contributed by atoms with Crippen molar-refractivity contribution in [3.63, 3.8) is 0 Å². The lowest BCUT2D eigenvalue weighted by Gasteiger charge is -2.12. The molecule has 0 spiro atoms. The molecule has 0 aliphatic rings. The van der Waals surface area contributed by atoms with Crippen LogP contribution in [0.15, 0.2) is 18.2 Å². The highest BCUT2D eigenvalue weighted by Crippen LogP contribution is 2.18. The van der Waals surface area contributed by atoms with Crippen LogP contribution >= 0.6 is 0 Å². The molecule has 1 unspecified atom stereocenters. The molecule has 3 nitrogen and oxygen atoms in total. The minimum absolute atomic E-state index is 0.242. The van der Waals surface area contributed by atoms with Crippen molar-refractivity contribution < 1.29 is 9.47 Å². The maximum atomic E-state index is 5.74. The fourth-order valence-electron chi connectivity index (χ4n) is 1.43. The Bertz CT molecular complexity index is 432. The van der Waals surface area contributed by atoms with Gasteiger partial charge in [0.25, 0.3) is 0 Å². The van der Waals surface area contributed by atoms with E-state index in [0.29, 0.717) is 13.2 Å². The highest BCUT2D eigenvalue weighted by Gasteiger charge is 2.05. The highest BCUT2D eigenvalue weighted by atomic mass is 16.5. The van der Waals surface area contributed by atoms with Gasteiger partial charge in [-0.2, -0.15) is 0 Å². The Kier molecular flexibility index (Phi) is 6.27. The zero-order valence-corrected chi connectivity index (χ0v) is 11.3. The van der Waals surface area contributed by atoms with E-state index in [1.807, 2.05) is 18.2 Å². The van der Waals surface area contributed by atoms with Gasteiger partial charge >= 0.3 is 0 Å². The van der Waals surface area contributed by atoms with Crippen molar-refractivity contribution >= 4 is 0 Å². The van der Waals surface area contributed by atoms with Crippen molar-refractivity contribution in [3.05, 3.63) is 29.3 Å². The van der Waals surface area contributed by atoms with E-state index in [2.05, 4.69) is 25.7 Å². The Hall–Kier alpha value is -1.50. The lowest BCUT2D eigenvalue weighted by molar-refractivity contribution is 0.0506. The molecular formula is C15H21NO2. The van der Waals surface area contributed by atoms with Gasteiger partial charge < -0.3 is 15.2 Å². The van der Waals surface area contributed by atoms with Crippen LogP contribution in [0.1, 0.15) is 31.4 Å². The maximum absolute atomic E-state index is 5.74. The molecule has 0 aromatic heterocycles. The third-order valence-electron chi connectivity index (χ3n) is 2.74. The first-order valence-corrected chi connectivity index (χ1v) is 6.18. The maximum Gasteiger partial charge on any atom is 0.119 e. The third kappa shape index (κ3) is 4.40. The van der Waals surface area contributed by atoms with Crippen molar-refractivity contribution in [1.29, 1.82) is 0 Å². The van der Waals surface area contributed by atoms with Gasteiger partial charge in [0.05, 0.1) is 26.4 Å². The van der Waals surface area contributed by atoms with E-state index in [0.717, 1.165) is 23.3 Å². The lowest BCUT2D eigenvalue weighted by atomic mass is 10.1. The van der Waals surface area contributed by atoms with Crippen LogP contribution in [0.2, 0.25) is 0 Å². The van der Waals surface area contributed by atoms with E-state index in [1.165, 1.54) is 0 Å². The summed E-state index contributed by atoms with van der Waals surface area (Å²) in [5, 5.41) is 0. The first-order valence-electron chi connectivity index (χ1n) is 6.18. The van der Waals surface area contributed by atoms with Crippen molar-refractivity contribution in [2.24, 2.45) is 5.73 Å². The average molecular weight is 247 g/mol. The summed E-state index contributed by atoms with van der Waals surface area (Å²) in [5.41, 5.74) is 7.38. The van der Waals surface area contributed by atoms with Crippen LogP contribution < -0.4 is 10.5 Å². The third-order valence-corrected chi connectivity index (χ3v) is 2.74. The first kappa shape index (κ1) is 14.6. The molecule has 1 aromatic carbocycles. The summed E-state index contributed by atoms with van der Waals surface area (Å²) in [6.45, 7) is 5.06. The molecule has 0 aliphatic carbocycles. The molecule has 0 saturated heterocycles. The lowest BCUT2D eigenvalue weighted by Crippen LogP contribution is -2.07. The molecule has 2 N–H and O–H groups in total. The molecule has 0 fully saturated rings. The Labute approximate surface area is 109 Å². The fraction of sp³-hybridized carbons (Fsp3) is 0.467. The zero-order valence-electron chi connectivity index (χ0n) is 11.3. The summed E-state index contributed by atoms with van der Waals surface area (Å²) in [6.07, 6.45) is 1.24. The van der Waals surface area contributed by atoms with Crippen LogP contribution in [0, 0.1) is 11.8 Å². The van der Waals surface area contributed by atoms with Gasteiger partial charge in [-0.3, -0.25) is 0 Å². The largest absolute Gasteiger partial charge is 0.497 e. The number of methoxy groups -OCH3 is 1. The van der Waals surface area contributed by atoms with Crippen LogP contribution in [0.5, 0.6) is 5.75 Å². The average Bonchev–Trinajstić information content (AvgIpc) is 2.42. The summed E-state index contributed by atoms with van der Waals surface area (Å²) in [4.78, 5) is 0. The Morgan fingerprint density at radius 1 is 1.39 bits per heavy atom. The standard InChI is InChI=1S/C15H21NO2/c1-4-12(2)18-11-14-10-15(17-3)8-7-13(14)6-5-9-16/h7-8,10,12H,4,9,11,16H2,1-3H3. The molecule has 0 radical (unpaired) electrons. The summed E-state index contributed by atoms with van der Waals surface area (Å²) < 4.78 is 11.0. The summed E-state index contributed by atoms with van der Waals surface area (Å²) in [6, 6.07) is 5.80. The molecule has 1 rings (SSSR count). The van der Waals surface area contributed by atoms with Gasteiger partial charge in [-0.25, -0.2) is 0 Å². The summed E-state index contributed by atoms with van der Waals surface area (Å²) >= 11 is 0. The number of hydrogen-bond acceptors (Lipinski definition) is 3.